The largest absolute Gasteiger partial charge is 0.0622 e. The van der Waals surface area contributed by atoms with Gasteiger partial charge in [0.15, 0.2) is 0 Å². The molecule has 0 heterocycles. The van der Waals surface area contributed by atoms with E-state index in [1.54, 1.807) is 0 Å². The molecule has 0 N–H and O–H groups in total. The summed E-state index contributed by atoms with van der Waals surface area (Å²) >= 11 is 3.80. The molecule has 172 valence electrons. The fourth-order valence-electron chi connectivity index (χ4n) is 6.19. The molecule has 0 aliphatic heterocycles. The Kier molecular flexibility index (Phi) is 4.75. The molecule has 0 nitrogen and oxygen atoms in total. The molecule has 2 aliphatic rings. The minimum Gasteiger partial charge on any atom is -0.0622 e. The topological polar surface area (TPSA) is 0 Å². The maximum absolute atomic E-state index is 3.80. The Bertz CT molecular complexity index is 1900. The van der Waals surface area contributed by atoms with Crippen molar-refractivity contribution in [2.45, 2.75) is 19.3 Å². The van der Waals surface area contributed by atoms with Crippen LogP contribution in [0.1, 0.15) is 36.1 Å². The van der Waals surface area contributed by atoms with Crippen LogP contribution >= 0.6 is 15.9 Å². The number of rotatable bonds is 2. The minimum absolute atomic E-state index is 0.107. The van der Waals surface area contributed by atoms with Gasteiger partial charge in [-0.3, -0.25) is 0 Å². The second-order valence-electron chi connectivity index (χ2n) is 10.3. The van der Waals surface area contributed by atoms with Gasteiger partial charge in [0.05, 0.1) is 0 Å². The van der Waals surface area contributed by atoms with Gasteiger partial charge in [-0.2, -0.15) is 0 Å². The first-order valence-electron chi connectivity index (χ1n) is 12.5. The van der Waals surface area contributed by atoms with Crippen molar-refractivity contribution in [1.29, 1.82) is 0 Å². The molecule has 36 heavy (non-hydrogen) atoms. The van der Waals surface area contributed by atoms with E-state index < -0.39 is 0 Å². The lowest BCUT2D eigenvalue weighted by Crippen LogP contribution is -2.33. The number of fused-ring (bicyclic) bond motifs is 4. The molecule has 0 unspecified atom stereocenters. The van der Waals surface area contributed by atoms with Crippen LogP contribution in [0.5, 0.6) is 0 Å². The molecular weight excluding hydrogens is 500 g/mol. The van der Waals surface area contributed by atoms with Gasteiger partial charge in [-0.05, 0) is 95.7 Å². The summed E-state index contributed by atoms with van der Waals surface area (Å²) in [7, 11) is 0. The molecule has 0 fully saturated rings. The van der Waals surface area contributed by atoms with Gasteiger partial charge in [-0.1, -0.05) is 115 Å². The number of halogens is 1. The highest BCUT2D eigenvalue weighted by atomic mass is 79.9. The second kappa shape index (κ2) is 7.91. The fourth-order valence-corrected chi connectivity index (χ4v) is 6.67. The molecule has 0 saturated carbocycles. The van der Waals surface area contributed by atoms with Crippen LogP contribution in [0.4, 0.5) is 0 Å². The van der Waals surface area contributed by atoms with Gasteiger partial charge in [0, 0.05) is 9.89 Å². The van der Waals surface area contributed by atoms with E-state index in [4.69, 9.17) is 0 Å². The predicted molar refractivity (Wildman–Crippen MR) is 154 cm³/mol. The smallest absolute Gasteiger partial charge is 0.0187 e. The van der Waals surface area contributed by atoms with Gasteiger partial charge in [-0.25, -0.2) is 0 Å². The highest BCUT2D eigenvalue weighted by Gasteiger charge is 2.31. The summed E-state index contributed by atoms with van der Waals surface area (Å²) < 4.78 is 1.11. The summed E-state index contributed by atoms with van der Waals surface area (Å²) in [5, 5.41) is 5.27. The summed E-state index contributed by atoms with van der Waals surface area (Å²) in [4.78, 5) is 0. The highest BCUT2D eigenvalue weighted by molar-refractivity contribution is 9.10. The summed E-state index contributed by atoms with van der Waals surface area (Å²) in [6, 6.07) is 37.5. The monoisotopic (exact) mass is 524 g/mol. The van der Waals surface area contributed by atoms with E-state index in [0.717, 1.165) is 4.47 Å². The van der Waals surface area contributed by atoms with Gasteiger partial charge in [-0.15, -0.1) is 0 Å². The van der Waals surface area contributed by atoms with Crippen LogP contribution < -0.4 is 10.4 Å². The molecule has 0 aromatic heterocycles. The number of hydrogen-bond acceptors (Lipinski definition) is 0. The molecule has 1 heteroatoms. The summed E-state index contributed by atoms with van der Waals surface area (Å²) in [6.45, 7) is 4.75. The van der Waals surface area contributed by atoms with Crippen LogP contribution in [-0.4, -0.2) is 0 Å². The van der Waals surface area contributed by atoms with E-state index >= 15 is 0 Å². The summed E-state index contributed by atoms with van der Waals surface area (Å²) in [6.07, 6.45) is 4.80. The Morgan fingerprint density at radius 2 is 1.31 bits per heavy atom. The lowest BCUT2D eigenvalue weighted by Gasteiger charge is -2.33. The van der Waals surface area contributed by atoms with Crippen LogP contribution in [0.3, 0.4) is 0 Å². The van der Waals surface area contributed by atoms with Gasteiger partial charge in [0.2, 0.25) is 0 Å². The average Bonchev–Trinajstić information content (AvgIpc) is 3.26. The Hall–Kier alpha value is -3.68. The van der Waals surface area contributed by atoms with Crippen molar-refractivity contribution in [2.75, 3.05) is 0 Å². The van der Waals surface area contributed by atoms with Crippen LogP contribution in [0, 0.1) is 10.4 Å². The summed E-state index contributed by atoms with van der Waals surface area (Å²) in [5.41, 5.74) is 10.4. The molecule has 5 aromatic carbocycles. The first kappa shape index (κ1) is 21.6. The Labute approximate surface area is 219 Å². The van der Waals surface area contributed by atoms with Crippen LogP contribution in [-0.2, 0) is 5.41 Å². The molecule has 5 aromatic rings. The molecule has 0 spiro atoms. The SMILES string of the molecule is CC1(C)c2ccccc2C=c2c1cc1c(c2-c2ccccc2)C=c2cc(Br)cc(-c3ccccc3)c2=1. The number of hydrogen-bond donors (Lipinski definition) is 0. The quantitative estimate of drug-likeness (QED) is 0.218. The Morgan fingerprint density at radius 3 is 2.06 bits per heavy atom. The third kappa shape index (κ3) is 3.13. The first-order chi connectivity index (χ1) is 17.5. The van der Waals surface area contributed by atoms with E-state index in [0.29, 0.717) is 0 Å². The van der Waals surface area contributed by atoms with Crippen molar-refractivity contribution in [3.63, 3.8) is 0 Å². The number of benzene rings is 5. The molecule has 7 rings (SSSR count). The zero-order valence-corrected chi connectivity index (χ0v) is 21.9. The van der Waals surface area contributed by atoms with Crippen LogP contribution in [0.15, 0.2) is 108 Å². The Morgan fingerprint density at radius 1 is 0.639 bits per heavy atom. The highest BCUT2D eigenvalue weighted by Crippen LogP contribution is 2.39. The minimum atomic E-state index is -0.107. The van der Waals surface area contributed by atoms with Gasteiger partial charge < -0.3 is 0 Å². The average molecular weight is 525 g/mol. The third-order valence-electron chi connectivity index (χ3n) is 7.87. The molecule has 0 bridgehead atoms. The maximum Gasteiger partial charge on any atom is 0.0187 e. The fraction of sp³-hybridized carbons (Fsp3) is 0.0857. The van der Waals surface area contributed by atoms with Crippen molar-refractivity contribution in [3.05, 3.63) is 151 Å². The molecule has 0 radical (unpaired) electrons. The van der Waals surface area contributed by atoms with E-state index in [1.807, 2.05) is 0 Å². The first-order valence-corrected chi connectivity index (χ1v) is 13.3. The lowest BCUT2D eigenvalue weighted by molar-refractivity contribution is 0.629. The van der Waals surface area contributed by atoms with Crippen LogP contribution in [0.25, 0.3) is 34.4 Å². The molecule has 0 saturated heterocycles. The predicted octanol–water partition coefficient (Wildman–Crippen LogP) is 7.68. The molecule has 0 atom stereocenters. The van der Waals surface area contributed by atoms with Gasteiger partial charge in [0.25, 0.3) is 0 Å². The van der Waals surface area contributed by atoms with Gasteiger partial charge in [0.1, 0.15) is 0 Å². The molecule has 2 aliphatic carbocycles. The van der Waals surface area contributed by atoms with E-state index in [9.17, 15) is 0 Å². The third-order valence-corrected chi connectivity index (χ3v) is 8.32. The lowest BCUT2D eigenvalue weighted by atomic mass is 9.70. The van der Waals surface area contributed by atoms with Crippen LogP contribution in [0.2, 0.25) is 0 Å². The molecular formula is C35H25Br. The molecule has 0 amide bonds. The van der Waals surface area contributed by atoms with Crippen molar-refractivity contribution in [2.24, 2.45) is 0 Å². The zero-order valence-electron chi connectivity index (χ0n) is 20.3. The summed E-state index contributed by atoms with van der Waals surface area (Å²) in [5.74, 6) is 0. The van der Waals surface area contributed by atoms with E-state index in [2.05, 4.69) is 145 Å². The van der Waals surface area contributed by atoms with Crippen molar-refractivity contribution in [1.82, 2.24) is 0 Å². The van der Waals surface area contributed by atoms with E-state index in [-0.39, 0.29) is 5.41 Å². The van der Waals surface area contributed by atoms with Crippen molar-refractivity contribution < 1.29 is 0 Å². The van der Waals surface area contributed by atoms with E-state index in [1.165, 1.54) is 65.4 Å². The maximum atomic E-state index is 3.80. The second-order valence-corrected chi connectivity index (χ2v) is 11.2. The Balaban J connectivity index is 1.73. The standard InChI is InChI=1S/C35H25Br/c1-35(2)31-16-10-9-15-24(31)18-30-32(35)21-29-28(33(30)23-13-7-4-8-14-23)19-25-17-26(36)20-27(34(25)29)22-11-5-3-6-12-22/h3-21H,1-2H3. The van der Waals surface area contributed by atoms with Crippen molar-refractivity contribution >= 4 is 28.1 Å². The van der Waals surface area contributed by atoms with Crippen molar-refractivity contribution in [3.8, 4) is 22.3 Å². The van der Waals surface area contributed by atoms with Gasteiger partial charge >= 0.3 is 0 Å². The normalized spacial score (nSPS) is 14.1. The zero-order chi connectivity index (χ0) is 24.4.